The van der Waals surface area contributed by atoms with Crippen LogP contribution in [-0.2, 0) is 19.4 Å². The minimum absolute atomic E-state index is 0.0816. The highest BCUT2D eigenvalue weighted by molar-refractivity contribution is 5.72. The third-order valence-corrected chi connectivity index (χ3v) is 7.19. The normalized spacial score (nSPS) is 14.1. The summed E-state index contributed by atoms with van der Waals surface area (Å²) in [5.41, 5.74) is 5.22. The van der Waals surface area contributed by atoms with Crippen molar-refractivity contribution in [2.45, 2.75) is 78.2 Å². The molecule has 1 saturated carbocycles. The van der Waals surface area contributed by atoms with E-state index in [4.69, 9.17) is 4.98 Å². The number of rotatable bonds is 8. The van der Waals surface area contributed by atoms with Crippen LogP contribution in [-0.4, -0.2) is 9.55 Å². The fourth-order valence-corrected chi connectivity index (χ4v) is 5.26. The molecule has 1 fully saturated rings. The van der Waals surface area contributed by atoms with Crippen molar-refractivity contribution in [3.05, 3.63) is 87.1 Å². The Morgan fingerprint density at radius 2 is 1.82 bits per heavy atom. The fraction of sp³-hybridized carbons (Fsp3) is 0.433. The minimum Gasteiger partial charge on any atom is -0.296 e. The molecule has 3 aromatic rings. The van der Waals surface area contributed by atoms with E-state index in [9.17, 15) is 10.1 Å². The maximum absolute atomic E-state index is 13.8. The van der Waals surface area contributed by atoms with Gasteiger partial charge in [0.05, 0.1) is 11.3 Å². The van der Waals surface area contributed by atoms with Crippen molar-refractivity contribution in [1.82, 2.24) is 9.55 Å². The maximum atomic E-state index is 13.8. The van der Waals surface area contributed by atoms with Crippen molar-refractivity contribution >= 4 is 0 Å². The zero-order valence-corrected chi connectivity index (χ0v) is 20.5. The molecule has 0 bridgehead atoms. The van der Waals surface area contributed by atoms with Crippen LogP contribution in [0.4, 0.5) is 0 Å². The molecule has 0 spiro atoms. The van der Waals surface area contributed by atoms with Crippen molar-refractivity contribution in [2.24, 2.45) is 5.92 Å². The molecule has 2 aromatic carbocycles. The molecule has 0 N–H and O–H groups in total. The topological polar surface area (TPSA) is 58.7 Å². The lowest BCUT2D eigenvalue weighted by atomic mass is 9.89. The van der Waals surface area contributed by atoms with Crippen LogP contribution < -0.4 is 5.56 Å². The summed E-state index contributed by atoms with van der Waals surface area (Å²) >= 11 is 0. The van der Waals surface area contributed by atoms with Crippen LogP contribution in [0.25, 0.3) is 11.1 Å². The van der Waals surface area contributed by atoms with Gasteiger partial charge < -0.3 is 0 Å². The van der Waals surface area contributed by atoms with Crippen LogP contribution >= 0.6 is 0 Å². The molecule has 0 unspecified atom stereocenters. The zero-order valence-electron chi connectivity index (χ0n) is 20.5. The number of benzene rings is 2. The van der Waals surface area contributed by atoms with Gasteiger partial charge >= 0.3 is 0 Å². The Morgan fingerprint density at radius 3 is 2.53 bits per heavy atom. The zero-order chi connectivity index (χ0) is 23.9. The number of aryl methyl sites for hydroxylation is 2. The molecule has 34 heavy (non-hydrogen) atoms. The van der Waals surface area contributed by atoms with Gasteiger partial charge in [-0.05, 0) is 55.2 Å². The second kappa shape index (κ2) is 11.3. The van der Waals surface area contributed by atoms with E-state index < -0.39 is 0 Å². The van der Waals surface area contributed by atoms with E-state index in [1.165, 1.54) is 32.1 Å². The summed E-state index contributed by atoms with van der Waals surface area (Å²) in [4.78, 5) is 18.8. The summed E-state index contributed by atoms with van der Waals surface area (Å²) < 4.78 is 1.91. The van der Waals surface area contributed by atoms with Gasteiger partial charge in [-0.15, -0.1) is 0 Å². The van der Waals surface area contributed by atoms with Gasteiger partial charge in [-0.1, -0.05) is 81.1 Å². The minimum atomic E-state index is 0.0816. The Hall–Kier alpha value is -3.19. The molecule has 0 atom stereocenters. The van der Waals surface area contributed by atoms with Gasteiger partial charge in [0, 0.05) is 18.5 Å². The van der Waals surface area contributed by atoms with Crippen LogP contribution in [0.3, 0.4) is 0 Å². The molecule has 4 nitrogen and oxygen atoms in total. The molecule has 0 saturated heterocycles. The second-order valence-electron chi connectivity index (χ2n) is 9.60. The van der Waals surface area contributed by atoms with Crippen molar-refractivity contribution < 1.29 is 0 Å². The molecule has 0 aliphatic heterocycles. The van der Waals surface area contributed by atoms with E-state index in [1.807, 2.05) is 60.0 Å². The molecule has 0 radical (unpaired) electrons. The van der Waals surface area contributed by atoms with Gasteiger partial charge in [0.15, 0.2) is 0 Å². The lowest BCUT2D eigenvalue weighted by molar-refractivity contribution is 0.311. The number of unbranched alkanes of at least 4 members (excludes halogenated alkanes) is 1. The number of aromatic nitrogens is 2. The molecule has 4 rings (SSSR count). The Labute approximate surface area is 203 Å². The molecule has 1 heterocycles. The SMILES string of the molecule is CCCCc1nc(C)n(CC2CCCCC2)c(=O)c1Cc1cccc(-c2ccccc2)c1C#N. The molecule has 1 aliphatic carbocycles. The van der Waals surface area contributed by atoms with Crippen LogP contribution in [0.5, 0.6) is 0 Å². The first kappa shape index (κ1) is 24.0. The highest BCUT2D eigenvalue weighted by Gasteiger charge is 2.21. The van der Waals surface area contributed by atoms with Crippen molar-refractivity contribution in [3.8, 4) is 17.2 Å². The molecule has 4 heteroatoms. The summed E-state index contributed by atoms with van der Waals surface area (Å²) in [7, 11) is 0. The van der Waals surface area contributed by atoms with Crippen LogP contribution in [0, 0.1) is 24.2 Å². The third-order valence-electron chi connectivity index (χ3n) is 7.19. The van der Waals surface area contributed by atoms with Crippen LogP contribution in [0.1, 0.15) is 80.1 Å². The van der Waals surface area contributed by atoms with Gasteiger partial charge in [0.2, 0.25) is 0 Å². The highest BCUT2D eigenvalue weighted by Crippen LogP contribution is 2.28. The molecule has 1 aromatic heterocycles. The van der Waals surface area contributed by atoms with Gasteiger partial charge in [0.25, 0.3) is 5.56 Å². The average molecular weight is 454 g/mol. The fourth-order valence-electron chi connectivity index (χ4n) is 5.26. The monoisotopic (exact) mass is 453 g/mol. The van der Waals surface area contributed by atoms with Crippen molar-refractivity contribution in [3.63, 3.8) is 0 Å². The lowest BCUT2D eigenvalue weighted by Crippen LogP contribution is -2.32. The quantitative estimate of drug-likeness (QED) is 0.386. The second-order valence-corrected chi connectivity index (χ2v) is 9.60. The summed E-state index contributed by atoms with van der Waals surface area (Å²) in [5.74, 6) is 1.38. The van der Waals surface area contributed by atoms with Gasteiger partial charge in [-0.25, -0.2) is 4.98 Å². The summed E-state index contributed by atoms with van der Waals surface area (Å²) in [6.45, 7) is 4.89. The Kier molecular flexibility index (Phi) is 7.95. The van der Waals surface area contributed by atoms with Gasteiger partial charge in [-0.3, -0.25) is 9.36 Å². The maximum Gasteiger partial charge on any atom is 0.257 e. The molecular weight excluding hydrogens is 418 g/mol. The standard InChI is InChI=1S/C30H35N3O/c1-3-4-18-29-27(30(34)33(22(2)32-29)21-23-12-7-5-8-13-23)19-25-16-11-17-26(28(25)20-31)24-14-9-6-10-15-24/h6,9-11,14-17,23H,3-5,7-8,12-13,18-19,21H2,1-2H3. The van der Waals surface area contributed by atoms with Gasteiger partial charge in [0.1, 0.15) is 11.9 Å². The molecule has 176 valence electrons. The average Bonchev–Trinajstić information content (AvgIpc) is 2.88. The number of nitrogens with zero attached hydrogens (tertiary/aromatic N) is 3. The van der Waals surface area contributed by atoms with E-state index in [2.05, 4.69) is 13.0 Å². The smallest absolute Gasteiger partial charge is 0.257 e. The Balaban J connectivity index is 1.76. The summed E-state index contributed by atoms with van der Waals surface area (Å²) in [5, 5.41) is 10.1. The first-order valence-corrected chi connectivity index (χ1v) is 12.8. The van der Waals surface area contributed by atoms with E-state index in [1.54, 1.807) is 0 Å². The first-order valence-electron chi connectivity index (χ1n) is 12.8. The van der Waals surface area contributed by atoms with Crippen molar-refractivity contribution in [2.75, 3.05) is 0 Å². The summed E-state index contributed by atoms with van der Waals surface area (Å²) in [6.07, 6.45) is 9.49. The number of hydrogen-bond acceptors (Lipinski definition) is 3. The van der Waals surface area contributed by atoms with Crippen LogP contribution in [0.2, 0.25) is 0 Å². The third kappa shape index (κ3) is 5.30. The number of hydrogen-bond donors (Lipinski definition) is 0. The van der Waals surface area contributed by atoms with E-state index in [0.29, 0.717) is 17.9 Å². The molecular formula is C30H35N3O. The van der Waals surface area contributed by atoms with Crippen molar-refractivity contribution in [1.29, 1.82) is 5.26 Å². The summed E-state index contributed by atoms with van der Waals surface area (Å²) in [6, 6.07) is 18.4. The van der Waals surface area contributed by atoms with E-state index in [-0.39, 0.29) is 5.56 Å². The first-order chi connectivity index (χ1) is 16.6. The highest BCUT2D eigenvalue weighted by atomic mass is 16.1. The molecule has 0 amide bonds. The number of nitriles is 1. The Bertz CT molecular complexity index is 1210. The Morgan fingerprint density at radius 1 is 1.06 bits per heavy atom. The van der Waals surface area contributed by atoms with Crippen LogP contribution in [0.15, 0.2) is 53.3 Å². The van der Waals surface area contributed by atoms with Gasteiger partial charge in [-0.2, -0.15) is 5.26 Å². The predicted octanol–water partition coefficient (Wildman–Crippen LogP) is 6.60. The molecule has 1 aliphatic rings. The van der Waals surface area contributed by atoms with E-state index in [0.717, 1.165) is 59.6 Å². The predicted molar refractivity (Wildman–Crippen MR) is 138 cm³/mol. The van der Waals surface area contributed by atoms with E-state index >= 15 is 0 Å². The largest absolute Gasteiger partial charge is 0.296 e. The lowest BCUT2D eigenvalue weighted by Gasteiger charge is -2.24.